The van der Waals surface area contributed by atoms with Crippen LogP contribution in [0.25, 0.3) is 0 Å². The first-order valence-electron chi connectivity index (χ1n) is 7.46. The van der Waals surface area contributed by atoms with Gasteiger partial charge < -0.3 is 15.0 Å². The summed E-state index contributed by atoms with van der Waals surface area (Å²) >= 11 is 0. The number of rotatable bonds is 7. The zero-order valence-corrected chi connectivity index (χ0v) is 13.1. The summed E-state index contributed by atoms with van der Waals surface area (Å²) in [6.07, 6.45) is 0.818. The van der Waals surface area contributed by atoms with Crippen molar-refractivity contribution in [2.45, 2.75) is 46.8 Å². The van der Waals surface area contributed by atoms with Gasteiger partial charge in [-0.25, -0.2) is 0 Å². The summed E-state index contributed by atoms with van der Waals surface area (Å²) in [5.74, 6) is 2.08. The van der Waals surface area contributed by atoms with Crippen LogP contribution >= 0.6 is 0 Å². The minimum absolute atomic E-state index is 0.404. The zero-order chi connectivity index (χ0) is 13.7. The predicted molar refractivity (Wildman–Crippen MR) is 77.9 cm³/mol. The van der Waals surface area contributed by atoms with Gasteiger partial charge in [0.25, 0.3) is 0 Å². The highest BCUT2D eigenvalue weighted by molar-refractivity contribution is 4.85. The average Bonchev–Trinajstić information content (AvgIpc) is 2.51. The molecular weight excluding hydrogens is 224 g/mol. The van der Waals surface area contributed by atoms with E-state index in [-0.39, 0.29) is 0 Å². The van der Waals surface area contributed by atoms with E-state index in [4.69, 9.17) is 4.74 Å². The Balaban J connectivity index is 2.21. The molecule has 0 bridgehead atoms. The van der Waals surface area contributed by atoms with Gasteiger partial charge in [-0.15, -0.1) is 0 Å². The monoisotopic (exact) mass is 256 g/mol. The average molecular weight is 256 g/mol. The normalized spacial score (nSPS) is 32.7. The van der Waals surface area contributed by atoms with Crippen molar-refractivity contribution in [2.75, 3.05) is 33.2 Å². The van der Waals surface area contributed by atoms with Gasteiger partial charge in [-0.05, 0) is 39.3 Å². The molecule has 4 unspecified atom stereocenters. The van der Waals surface area contributed by atoms with Crippen LogP contribution in [0.2, 0.25) is 0 Å². The van der Waals surface area contributed by atoms with Gasteiger partial charge in [0.1, 0.15) is 0 Å². The second-order valence-electron chi connectivity index (χ2n) is 6.43. The summed E-state index contributed by atoms with van der Waals surface area (Å²) in [5.41, 5.74) is 0. The van der Waals surface area contributed by atoms with E-state index < -0.39 is 0 Å². The third-order valence-electron chi connectivity index (χ3n) is 4.19. The van der Waals surface area contributed by atoms with Crippen LogP contribution in [0, 0.1) is 17.8 Å². The van der Waals surface area contributed by atoms with E-state index in [0.717, 1.165) is 32.1 Å². The molecule has 4 atom stereocenters. The molecule has 0 aliphatic carbocycles. The largest absolute Gasteiger partial charge is 0.375 e. The van der Waals surface area contributed by atoms with Gasteiger partial charge in [-0.3, -0.25) is 0 Å². The molecule has 1 fully saturated rings. The molecule has 3 heteroatoms. The van der Waals surface area contributed by atoms with Gasteiger partial charge >= 0.3 is 0 Å². The fraction of sp³-hybridized carbons (Fsp3) is 1.00. The van der Waals surface area contributed by atoms with E-state index in [9.17, 15) is 0 Å². The summed E-state index contributed by atoms with van der Waals surface area (Å²) < 4.78 is 5.90. The first-order chi connectivity index (χ1) is 8.41. The number of ether oxygens (including phenoxy) is 1. The van der Waals surface area contributed by atoms with E-state index in [1.54, 1.807) is 0 Å². The highest BCUT2D eigenvalue weighted by Crippen LogP contribution is 2.32. The van der Waals surface area contributed by atoms with Crippen molar-refractivity contribution in [3.05, 3.63) is 0 Å². The Morgan fingerprint density at radius 2 is 1.83 bits per heavy atom. The van der Waals surface area contributed by atoms with E-state index >= 15 is 0 Å². The Morgan fingerprint density at radius 3 is 2.33 bits per heavy atom. The van der Waals surface area contributed by atoms with E-state index in [1.165, 1.54) is 0 Å². The van der Waals surface area contributed by atoms with Gasteiger partial charge in [0.2, 0.25) is 0 Å². The van der Waals surface area contributed by atoms with Crippen LogP contribution in [0.1, 0.15) is 34.6 Å². The fourth-order valence-corrected chi connectivity index (χ4v) is 2.77. The molecule has 1 aliphatic rings. The molecule has 0 spiro atoms. The standard InChI is InChI=1S/C15H32N2O/c1-11(2)9-16-7-8-17(6)10-15-12(3)13(4)18-14(15)5/h11-16H,7-10H2,1-6H3. The Kier molecular flexibility index (Phi) is 6.61. The summed E-state index contributed by atoms with van der Waals surface area (Å²) in [5, 5.41) is 3.50. The van der Waals surface area contributed by atoms with Crippen molar-refractivity contribution in [3.8, 4) is 0 Å². The summed E-state index contributed by atoms with van der Waals surface area (Å²) in [4.78, 5) is 2.44. The number of nitrogens with zero attached hydrogens (tertiary/aromatic N) is 1. The number of hydrogen-bond donors (Lipinski definition) is 1. The lowest BCUT2D eigenvalue weighted by molar-refractivity contribution is 0.0482. The molecule has 108 valence electrons. The minimum atomic E-state index is 0.404. The molecule has 18 heavy (non-hydrogen) atoms. The second kappa shape index (κ2) is 7.46. The highest BCUT2D eigenvalue weighted by atomic mass is 16.5. The molecule has 1 aliphatic heterocycles. The Morgan fingerprint density at radius 1 is 1.17 bits per heavy atom. The van der Waals surface area contributed by atoms with Crippen LogP contribution in [-0.4, -0.2) is 50.3 Å². The van der Waals surface area contributed by atoms with E-state index in [2.05, 4.69) is 51.9 Å². The van der Waals surface area contributed by atoms with Crippen molar-refractivity contribution >= 4 is 0 Å². The lowest BCUT2D eigenvalue weighted by Gasteiger charge is -2.25. The molecule has 0 amide bonds. The lowest BCUT2D eigenvalue weighted by Crippen LogP contribution is -2.37. The van der Waals surface area contributed by atoms with Gasteiger partial charge in [-0.2, -0.15) is 0 Å². The van der Waals surface area contributed by atoms with Crippen molar-refractivity contribution in [1.82, 2.24) is 10.2 Å². The molecular formula is C15H32N2O. The van der Waals surface area contributed by atoms with Crippen LogP contribution in [0.15, 0.2) is 0 Å². The summed E-state index contributed by atoms with van der Waals surface area (Å²) in [7, 11) is 2.22. The van der Waals surface area contributed by atoms with E-state index in [0.29, 0.717) is 24.0 Å². The highest BCUT2D eigenvalue weighted by Gasteiger charge is 2.36. The maximum atomic E-state index is 5.90. The third kappa shape index (κ3) is 4.87. The Labute approximate surface area is 113 Å². The Bertz CT molecular complexity index is 233. The first-order valence-corrected chi connectivity index (χ1v) is 7.46. The molecule has 1 heterocycles. The van der Waals surface area contributed by atoms with Crippen molar-refractivity contribution in [1.29, 1.82) is 0 Å². The maximum absolute atomic E-state index is 5.90. The molecule has 0 aromatic heterocycles. The van der Waals surface area contributed by atoms with Gasteiger partial charge in [-0.1, -0.05) is 20.8 Å². The summed E-state index contributed by atoms with van der Waals surface area (Å²) in [6.45, 7) is 15.7. The number of likely N-dealkylation sites (N-methyl/N-ethyl adjacent to an activating group) is 1. The number of nitrogens with one attached hydrogen (secondary N) is 1. The first kappa shape index (κ1) is 15.9. The van der Waals surface area contributed by atoms with Crippen molar-refractivity contribution < 1.29 is 4.74 Å². The van der Waals surface area contributed by atoms with Crippen LogP contribution in [-0.2, 0) is 4.74 Å². The van der Waals surface area contributed by atoms with Gasteiger partial charge in [0.15, 0.2) is 0 Å². The maximum Gasteiger partial charge on any atom is 0.0594 e. The topological polar surface area (TPSA) is 24.5 Å². The molecule has 1 saturated heterocycles. The quantitative estimate of drug-likeness (QED) is 0.707. The minimum Gasteiger partial charge on any atom is -0.375 e. The van der Waals surface area contributed by atoms with Gasteiger partial charge in [0.05, 0.1) is 12.2 Å². The molecule has 1 rings (SSSR count). The van der Waals surface area contributed by atoms with Crippen LogP contribution in [0.3, 0.4) is 0 Å². The summed E-state index contributed by atoms with van der Waals surface area (Å²) in [6, 6.07) is 0. The Hall–Kier alpha value is -0.120. The molecule has 0 radical (unpaired) electrons. The van der Waals surface area contributed by atoms with Crippen LogP contribution in [0.4, 0.5) is 0 Å². The predicted octanol–water partition coefficient (Wildman–Crippen LogP) is 2.22. The smallest absolute Gasteiger partial charge is 0.0594 e. The second-order valence-corrected chi connectivity index (χ2v) is 6.43. The van der Waals surface area contributed by atoms with Crippen LogP contribution < -0.4 is 5.32 Å². The fourth-order valence-electron chi connectivity index (χ4n) is 2.77. The van der Waals surface area contributed by atoms with Crippen molar-refractivity contribution in [3.63, 3.8) is 0 Å². The molecule has 3 nitrogen and oxygen atoms in total. The SMILES string of the molecule is CC(C)CNCCN(C)CC1C(C)OC(C)C1C. The molecule has 0 aromatic rings. The van der Waals surface area contributed by atoms with E-state index in [1.807, 2.05) is 0 Å². The van der Waals surface area contributed by atoms with Gasteiger partial charge in [0, 0.05) is 25.6 Å². The molecule has 1 N–H and O–H groups in total. The zero-order valence-electron chi connectivity index (χ0n) is 13.1. The van der Waals surface area contributed by atoms with Crippen molar-refractivity contribution in [2.24, 2.45) is 17.8 Å². The van der Waals surface area contributed by atoms with Crippen LogP contribution in [0.5, 0.6) is 0 Å². The molecule has 0 aromatic carbocycles. The number of hydrogen-bond acceptors (Lipinski definition) is 3. The third-order valence-corrected chi connectivity index (χ3v) is 4.19. The lowest BCUT2D eigenvalue weighted by atomic mass is 9.89. The molecule has 0 saturated carbocycles.